The van der Waals surface area contributed by atoms with Crippen molar-refractivity contribution in [1.82, 2.24) is 25.0 Å². The molecule has 2 saturated carbocycles. The minimum absolute atomic E-state index is 0.0584. The summed E-state index contributed by atoms with van der Waals surface area (Å²) in [6.45, 7) is -5.68. The van der Waals surface area contributed by atoms with E-state index in [9.17, 15) is 19.7 Å². The minimum atomic E-state index is -4.44. The van der Waals surface area contributed by atoms with Crippen molar-refractivity contribution in [3.8, 4) is 0 Å². The molecule has 0 aliphatic heterocycles. The Morgan fingerprint density at radius 2 is 2.19 bits per heavy atom. The molecule has 6 atom stereocenters. The summed E-state index contributed by atoms with van der Waals surface area (Å²) in [5.74, 6) is -4.63. The van der Waals surface area contributed by atoms with E-state index in [-0.39, 0.29) is 22.9 Å². The van der Waals surface area contributed by atoms with Crippen LogP contribution in [0.3, 0.4) is 0 Å². The summed E-state index contributed by atoms with van der Waals surface area (Å²) >= 11 is 0.288. The van der Waals surface area contributed by atoms with Crippen LogP contribution in [-0.4, -0.2) is 83.4 Å². The molecule has 0 bridgehead atoms. The lowest BCUT2D eigenvalue weighted by molar-refractivity contribution is -0.0629. The monoisotopic (exact) mass is 536 g/mol. The Bertz CT molecular complexity index is 2030. The number of thioether (sulfide) groups is 1. The lowest BCUT2D eigenvalue weighted by Gasteiger charge is -2.17. The summed E-state index contributed by atoms with van der Waals surface area (Å²) < 4.78 is 169. The molecular weight excluding hydrogens is 487 g/mol. The normalized spacial score (nSPS) is 49.1. The van der Waals surface area contributed by atoms with Gasteiger partial charge in [0.1, 0.15) is 18.0 Å². The third kappa shape index (κ3) is 4.92. The third-order valence-corrected chi connectivity index (χ3v) is 5.69. The molecule has 2 aliphatic rings. The Balaban J connectivity index is 1.75. The second-order valence-corrected chi connectivity index (χ2v) is 8.13. The van der Waals surface area contributed by atoms with Crippen LogP contribution in [0.15, 0.2) is 23.3 Å². The standard InChI is InChI=1S/C24H31FN6O4S/c1-3-8-36-24-27-22(26-16-10-14(16)13-5-4-12(2)15(25)9-13)19-23(28-24)31(30-29-19)17-11-18(35-7-6-32)21(34)20(17)33/h4-5,9,14,16-18,20-21,32-34H,3,6-8,10-11H2,1-2H3,(H,26,27,28)/t14-,16+,17+,18-,20-,21+/m0/s1/i4D,5D,6D2,7D2,8D2,9D,10D2,11D2,14D,17D,18D,20D,21D. The highest BCUT2D eigenvalue weighted by atomic mass is 32.2. The maximum atomic E-state index is 14.9. The Labute approximate surface area is 237 Å². The lowest BCUT2D eigenvalue weighted by atomic mass is 10.1. The molecule has 36 heavy (non-hydrogen) atoms. The van der Waals surface area contributed by atoms with Gasteiger partial charge in [0, 0.05) is 33.6 Å². The van der Waals surface area contributed by atoms with E-state index in [1.165, 1.54) is 6.92 Å². The zero-order chi connectivity index (χ0) is 41.6. The summed E-state index contributed by atoms with van der Waals surface area (Å²) in [5, 5.41) is 41.1. The van der Waals surface area contributed by atoms with Gasteiger partial charge in [-0.15, -0.1) is 5.10 Å². The molecule has 0 radical (unpaired) electrons. The number of anilines is 1. The average molecular weight is 537 g/mol. The summed E-state index contributed by atoms with van der Waals surface area (Å²) in [6, 6.07) is -8.52. The lowest BCUT2D eigenvalue weighted by Crippen LogP contribution is -2.33. The van der Waals surface area contributed by atoms with E-state index >= 15 is 0 Å². The number of nitrogens with one attached hydrogen (secondary N) is 1. The van der Waals surface area contributed by atoms with Crippen LogP contribution in [0.2, 0.25) is 0 Å². The van der Waals surface area contributed by atoms with Crippen molar-refractivity contribution in [1.29, 1.82) is 0 Å². The highest BCUT2D eigenvalue weighted by Gasteiger charge is 2.45. The van der Waals surface area contributed by atoms with E-state index in [1.54, 1.807) is 0 Å². The first-order valence-electron chi connectivity index (χ1n) is 19.3. The van der Waals surface area contributed by atoms with Gasteiger partial charge >= 0.3 is 0 Å². The van der Waals surface area contributed by atoms with Crippen LogP contribution in [0, 0.1) is 12.7 Å². The maximum absolute atomic E-state index is 14.9. The molecule has 2 aliphatic carbocycles. The predicted octanol–water partition coefficient (Wildman–Crippen LogP) is 2.18. The highest BCUT2D eigenvalue weighted by Crippen LogP contribution is 2.44. The fourth-order valence-electron chi connectivity index (χ4n) is 3.13. The van der Waals surface area contributed by atoms with Gasteiger partial charge in [-0.05, 0) is 36.9 Å². The fraction of sp³-hybridized carbons (Fsp3) is 0.583. The van der Waals surface area contributed by atoms with Crippen LogP contribution in [0.1, 0.15) is 73.8 Å². The molecule has 194 valence electrons. The number of hydrogen-bond donors (Lipinski definition) is 4. The smallest absolute Gasteiger partial charge is 0.191 e. The van der Waals surface area contributed by atoms with Crippen molar-refractivity contribution in [3.63, 3.8) is 0 Å². The van der Waals surface area contributed by atoms with Gasteiger partial charge in [0.2, 0.25) is 0 Å². The van der Waals surface area contributed by atoms with Gasteiger partial charge in [0.05, 0.1) is 40.3 Å². The maximum Gasteiger partial charge on any atom is 0.191 e. The second kappa shape index (κ2) is 10.5. The number of nitrogens with zero attached hydrogens (tertiary/aromatic N) is 5. The summed E-state index contributed by atoms with van der Waals surface area (Å²) in [6.07, 6.45) is -20.4. The molecule has 12 heteroatoms. The van der Waals surface area contributed by atoms with Gasteiger partial charge in [0.15, 0.2) is 22.1 Å². The van der Waals surface area contributed by atoms with E-state index in [0.29, 0.717) is 0 Å². The van der Waals surface area contributed by atoms with Gasteiger partial charge in [0.25, 0.3) is 0 Å². The molecule has 2 aromatic heterocycles. The van der Waals surface area contributed by atoms with Crippen LogP contribution in [-0.2, 0) is 4.74 Å². The zero-order valence-corrected chi connectivity index (χ0v) is 19.4. The number of hydrogen-bond acceptors (Lipinski definition) is 10. The summed E-state index contributed by atoms with van der Waals surface area (Å²) in [7, 11) is 0. The van der Waals surface area contributed by atoms with Crippen molar-refractivity contribution >= 4 is 28.7 Å². The quantitative estimate of drug-likeness (QED) is 0.225. The molecule has 2 heterocycles. The first-order chi connectivity index (χ1) is 24.1. The van der Waals surface area contributed by atoms with E-state index < -0.39 is 125 Å². The average Bonchev–Trinajstić information content (AvgIpc) is 3.28. The first-order valence-corrected chi connectivity index (χ1v) is 11.1. The largest absolute Gasteiger partial charge is 0.394 e. The second-order valence-electron chi connectivity index (χ2n) is 7.27. The topological polar surface area (TPSA) is 138 Å². The molecule has 10 nitrogen and oxygen atoms in total. The molecule has 0 saturated heterocycles. The SMILES string of the molecule is [2H]c1c([2H])c([C@@]2([2H])[C@H](Nc3nc(SC([2H])([2H])CC)nc4c3nnn4[C@]3([2H])C([2H])([2H])[C@]([2H])(OC([2H])([2H])C([2H])([2H])O)[C@@]([2H])(O)[C@@]3([2H])O)C2([2H])[2H])c([2H])c(F)c1C. The number of ether oxygens (including phenoxy) is 1. The first kappa shape index (κ1) is 11.6. The Hall–Kier alpha value is -2.38. The number of fused-ring (bicyclic) bond motifs is 1. The molecule has 0 spiro atoms. The van der Waals surface area contributed by atoms with Crippen LogP contribution < -0.4 is 5.32 Å². The van der Waals surface area contributed by atoms with Crippen molar-refractivity contribution in [3.05, 3.63) is 35.1 Å². The summed E-state index contributed by atoms with van der Waals surface area (Å²) in [4.78, 5) is 8.11. The van der Waals surface area contributed by atoms with E-state index in [1.807, 2.05) is 0 Å². The van der Waals surface area contributed by atoms with Crippen LogP contribution in [0.5, 0.6) is 0 Å². The Morgan fingerprint density at radius 3 is 2.97 bits per heavy atom. The van der Waals surface area contributed by atoms with Gasteiger partial charge < -0.3 is 25.4 Å². The van der Waals surface area contributed by atoms with E-state index in [4.69, 9.17) is 24.7 Å². The van der Waals surface area contributed by atoms with Crippen LogP contribution in [0.4, 0.5) is 10.2 Å². The number of aromatic nitrogens is 5. The number of aliphatic hydroxyl groups is 3. The van der Waals surface area contributed by atoms with Crippen LogP contribution >= 0.6 is 11.8 Å². The molecule has 5 rings (SSSR count). The van der Waals surface area contributed by atoms with Crippen molar-refractivity contribution in [2.75, 3.05) is 24.1 Å². The molecule has 0 amide bonds. The van der Waals surface area contributed by atoms with Crippen LogP contribution in [0.25, 0.3) is 11.2 Å². The Morgan fingerprint density at radius 1 is 1.36 bits per heavy atom. The number of halogens is 1. The van der Waals surface area contributed by atoms with Crippen molar-refractivity contribution in [2.45, 2.75) is 74.4 Å². The van der Waals surface area contributed by atoms with E-state index in [2.05, 4.69) is 30.3 Å². The van der Waals surface area contributed by atoms with Gasteiger partial charge in [-0.2, -0.15) is 0 Å². The number of benzene rings is 1. The Kier molecular flexibility index (Phi) is 3.39. The molecule has 3 aromatic rings. The summed E-state index contributed by atoms with van der Waals surface area (Å²) in [5.41, 5.74) is -5.06. The molecule has 1 aromatic carbocycles. The predicted molar refractivity (Wildman–Crippen MR) is 133 cm³/mol. The van der Waals surface area contributed by atoms with E-state index in [0.717, 1.165) is 6.92 Å². The molecule has 2 fully saturated rings. The zero-order valence-electron chi connectivity index (χ0n) is 36.6. The van der Waals surface area contributed by atoms with Gasteiger partial charge in [-0.3, -0.25) is 0 Å². The molecule has 0 unspecified atom stereocenters. The number of rotatable bonds is 10. The van der Waals surface area contributed by atoms with Gasteiger partial charge in [-0.1, -0.05) is 36.0 Å². The minimum Gasteiger partial charge on any atom is -0.394 e. The van der Waals surface area contributed by atoms with Gasteiger partial charge in [-0.25, -0.2) is 19.0 Å². The third-order valence-electron chi connectivity index (χ3n) is 4.89. The molecular formula is C24H31FN6O4S. The highest BCUT2D eigenvalue weighted by molar-refractivity contribution is 7.99. The van der Waals surface area contributed by atoms with Crippen molar-refractivity contribution in [2.24, 2.45) is 0 Å². The molecule has 4 N–H and O–H groups in total. The van der Waals surface area contributed by atoms with Crippen molar-refractivity contribution < 1.29 is 49.1 Å². The fourth-order valence-corrected chi connectivity index (χ4v) is 3.67.